The predicted molar refractivity (Wildman–Crippen MR) is 253 cm³/mol. The first kappa shape index (κ1) is 59.8. The van der Waals surface area contributed by atoms with E-state index in [4.69, 9.17) is 18.5 Å². The second kappa shape index (κ2) is 41.0. The summed E-state index contributed by atoms with van der Waals surface area (Å²) in [6.45, 7) is 4.25. The summed E-state index contributed by atoms with van der Waals surface area (Å²) in [5, 5.41) is 50.3. The molecule has 0 radical (unpaired) electrons. The molecule has 0 bridgehead atoms. The molecule has 0 aromatic rings. The van der Waals surface area contributed by atoms with Gasteiger partial charge in [0.2, 0.25) is 0 Å². The molecule has 1 fully saturated rings. The molecule has 13 heteroatoms. The Balaban J connectivity index is 2.33. The lowest BCUT2D eigenvalue weighted by molar-refractivity contribution is -0.220. The molecule has 6 N–H and O–H groups in total. The monoisotopic (exact) mass is 919 g/mol. The standard InChI is InChI=1S/C50H95O12P/c1-3-5-7-9-11-13-15-17-19-21-22-23-24-25-27-29-31-33-35-37-39-44(51)61-43(42-60-63(57,58)62-50-48(55)46(53)45(52)47(54)49(50)56)41-59-40-38-36-34-32-30-28-26-20-18-16-14-12-10-8-6-4-2/h12,14,18,20,43,45-50,52-56H,3-11,13,15-17,19,21-42H2,1-2H3,(H,57,58)/b14-12-,20-18-. The van der Waals surface area contributed by atoms with Gasteiger partial charge in [-0.15, -0.1) is 0 Å². The maximum Gasteiger partial charge on any atom is 0.472 e. The molecule has 0 aromatic heterocycles. The number of aliphatic hydroxyl groups is 5. The molecule has 6 unspecified atom stereocenters. The van der Waals surface area contributed by atoms with Crippen LogP contribution in [-0.2, 0) is 27.9 Å². The molecule has 0 aromatic carbocycles. The van der Waals surface area contributed by atoms with Crippen molar-refractivity contribution in [2.75, 3.05) is 19.8 Å². The van der Waals surface area contributed by atoms with Gasteiger partial charge in [-0.3, -0.25) is 13.8 Å². The molecule has 1 saturated carbocycles. The van der Waals surface area contributed by atoms with Gasteiger partial charge in [0.05, 0.1) is 13.2 Å². The van der Waals surface area contributed by atoms with E-state index >= 15 is 0 Å². The fourth-order valence-corrected chi connectivity index (χ4v) is 8.95. The third-order valence-corrected chi connectivity index (χ3v) is 13.1. The van der Waals surface area contributed by atoms with Crippen LogP contribution < -0.4 is 0 Å². The number of hydrogen-bond donors (Lipinski definition) is 6. The number of rotatable bonds is 44. The van der Waals surface area contributed by atoms with Gasteiger partial charge in [-0.25, -0.2) is 4.57 Å². The van der Waals surface area contributed by atoms with Crippen molar-refractivity contribution in [3.63, 3.8) is 0 Å². The Kier molecular flexibility index (Phi) is 39.0. The topological polar surface area (TPSA) is 192 Å². The van der Waals surface area contributed by atoms with Gasteiger partial charge in [0, 0.05) is 13.0 Å². The summed E-state index contributed by atoms with van der Waals surface area (Å²) in [5.74, 6) is -0.477. The van der Waals surface area contributed by atoms with Crippen molar-refractivity contribution >= 4 is 13.8 Å². The maximum atomic E-state index is 12.8. The zero-order valence-electron chi connectivity index (χ0n) is 39.9. The van der Waals surface area contributed by atoms with Crippen molar-refractivity contribution in [1.82, 2.24) is 0 Å². The Hall–Kier alpha value is -1.18. The molecule has 1 aliphatic carbocycles. The van der Waals surface area contributed by atoms with E-state index in [1.807, 2.05) is 0 Å². The van der Waals surface area contributed by atoms with Gasteiger partial charge in [-0.1, -0.05) is 199 Å². The first-order valence-corrected chi connectivity index (χ1v) is 27.2. The highest BCUT2D eigenvalue weighted by Gasteiger charge is 2.51. The number of carbonyl (C=O) groups excluding carboxylic acids is 1. The van der Waals surface area contributed by atoms with Crippen molar-refractivity contribution in [3.05, 3.63) is 24.3 Å². The minimum atomic E-state index is -5.02. The summed E-state index contributed by atoms with van der Waals surface area (Å²) in [6.07, 6.45) is 35.3. The lowest BCUT2D eigenvalue weighted by atomic mass is 9.85. The summed E-state index contributed by atoms with van der Waals surface area (Å²) < 4.78 is 34.3. The molecule has 0 amide bonds. The van der Waals surface area contributed by atoms with Gasteiger partial charge >= 0.3 is 13.8 Å². The van der Waals surface area contributed by atoms with E-state index in [1.54, 1.807) is 0 Å². The van der Waals surface area contributed by atoms with E-state index in [-0.39, 0.29) is 13.0 Å². The van der Waals surface area contributed by atoms with E-state index in [2.05, 4.69) is 38.2 Å². The zero-order chi connectivity index (χ0) is 46.2. The minimum Gasteiger partial charge on any atom is -0.457 e. The average molecular weight is 919 g/mol. The van der Waals surface area contributed by atoms with Crippen LogP contribution >= 0.6 is 7.82 Å². The molecule has 1 rings (SSSR count). The second-order valence-electron chi connectivity index (χ2n) is 18.0. The van der Waals surface area contributed by atoms with Gasteiger partial charge in [0.1, 0.15) is 42.7 Å². The van der Waals surface area contributed by atoms with E-state index in [0.717, 1.165) is 57.8 Å². The van der Waals surface area contributed by atoms with Crippen molar-refractivity contribution in [2.24, 2.45) is 0 Å². The fourth-order valence-electron chi connectivity index (χ4n) is 7.98. The van der Waals surface area contributed by atoms with Crippen LogP contribution in [0.4, 0.5) is 0 Å². The van der Waals surface area contributed by atoms with Crippen molar-refractivity contribution in [2.45, 2.75) is 268 Å². The largest absolute Gasteiger partial charge is 0.472 e. The highest BCUT2D eigenvalue weighted by molar-refractivity contribution is 7.47. The fraction of sp³-hybridized carbons (Fsp3) is 0.900. The van der Waals surface area contributed by atoms with Crippen LogP contribution in [-0.4, -0.2) is 98.9 Å². The normalized spacial score (nSPS) is 22.0. The van der Waals surface area contributed by atoms with E-state index < -0.39 is 63.1 Å². The van der Waals surface area contributed by atoms with Crippen LogP contribution in [0.2, 0.25) is 0 Å². The number of ether oxygens (including phenoxy) is 2. The molecule has 0 saturated heterocycles. The molecule has 63 heavy (non-hydrogen) atoms. The minimum absolute atomic E-state index is 0.0798. The molecule has 0 aliphatic heterocycles. The molecule has 12 nitrogen and oxygen atoms in total. The second-order valence-corrected chi connectivity index (χ2v) is 19.4. The lowest BCUT2D eigenvalue weighted by Gasteiger charge is -2.41. The zero-order valence-corrected chi connectivity index (χ0v) is 40.8. The summed E-state index contributed by atoms with van der Waals surface area (Å²) in [4.78, 5) is 23.2. The summed E-state index contributed by atoms with van der Waals surface area (Å²) in [6, 6.07) is 0. The number of phosphoric ester groups is 1. The Labute approximate surface area is 383 Å². The maximum absolute atomic E-state index is 12.8. The average Bonchev–Trinajstić information content (AvgIpc) is 3.27. The van der Waals surface area contributed by atoms with E-state index in [0.29, 0.717) is 13.0 Å². The Morgan fingerprint density at radius 1 is 0.508 bits per heavy atom. The molecule has 1 aliphatic rings. The number of carbonyl (C=O) groups is 1. The van der Waals surface area contributed by atoms with Crippen LogP contribution in [0.5, 0.6) is 0 Å². The summed E-state index contributed by atoms with van der Waals surface area (Å²) >= 11 is 0. The third-order valence-electron chi connectivity index (χ3n) is 12.1. The predicted octanol–water partition coefficient (Wildman–Crippen LogP) is 11.3. The molecular formula is C50H95O12P. The van der Waals surface area contributed by atoms with Gasteiger partial charge in [0.15, 0.2) is 0 Å². The third kappa shape index (κ3) is 33.0. The summed E-state index contributed by atoms with van der Waals surface area (Å²) in [5.41, 5.74) is 0. The summed E-state index contributed by atoms with van der Waals surface area (Å²) in [7, 11) is -5.02. The van der Waals surface area contributed by atoms with Gasteiger partial charge in [-0.2, -0.15) is 0 Å². The van der Waals surface area contributed by atoms with E-state index in [1.165, 1.54) is 141 Å². The number of allylic oxidation sites excluding steroid dienone is 4. The molecule has 0 spiro atoms. The SMILES string of the molecule is CCCCC/C=C\C/C=C\CCCCCCCCOCC(COP(=O)(O)OC1C(O)C(O)C(O)C(O)C1O)OC(=O)CCCCCCCCCCCCCCCCCCCCCC. The molecular weight excluding hydrogens is 824 g/mol. The van der Waals surface area contributed by atoms with Gasteiger partial charge < -0.3 is 39.9 Å². The lowest BCUT2D eigenvalue weighted by Crippen LogP contribution is -2.64. The Morgan fingerprint density at radius 2 is 0.889 bits per heavy atom. The highest BCUT2D eigenvalue weighted by atomic mass is 31.2. The van der Waals surface area contributed by atoms with Gasteiger partial charge in [0.25, 0.3) is 0 Å². The van der Waals surface area contributed by atoms with Crippen LogP contribution in [0.25, 0.3) is 0 Å². The van der Waals surface area contributed by atoms with Crippen LogP contribution in [0.15, 0.2) is 24.3 Å². The number of hydrogen-bond acceptors (Lipinski definition) is 11. The van der Waals surface area contributed by atoms with Gasteiger partial charge in [-0.05, 0) is 44.9 Å². The van der Waals surface area contributed by atoms with E-state index in [9.17, 15) is 39.8 Å². The number of phosphoric acid groups is 1. The Morgan fingerprint density at radius 3 is 1.37 bits per heavy atom. The smallest absolute Gasteiger partial charge is 0.457 e. The van der Waals surface area contributed by atoms with Crippen LogP contribution in [0.3, 0.4) is 0 Å². The van der Waals surface area contributed by atoms with Crippen LogP contribution in [0, 0.1) is 0 Å². The molecule has 0 heterocycles. The first-order valence-electron chi connectivity index (χ1n) is 25.7. The quantitative estimate of drug-likeness (QED) is 0.0147. The number of unbranched alkanes of at least 4 members (excludes halogenated alkanes) is 28. The molecule has 6 atom stereocenters. The Bertz CT molecular complexity index is 1140. The van der Waals surface area contributed by atoms with Crippen molar-refractivity contribution < 1.29 is 58.3 Å². The van der Waals surface area contributed by atoms with Crippen molar-refractivity contribution in [3.8, 4) is 0 Å². The van der Waals surface area contributed by atoms with Crippen LogP contribution in [0.1, 0.15) is 226 Å². The molecule has 372 valence electrons. The number of esters is 1. The first-order chi connectivity index (χ1) is 30.5. The number of aliphatic hydroxyl groups excluding tert-OH is 5. The van der Waals surface area contributed by atoms with Crippen molar-refractivity contribution in [1.29, 1.82) is 0 Å². The highest BCUT2D eigenvalue weighted by Crippen LogP contribution is 2.47.